The number of rotatable bonds is 7. The van der Waals surface area contributed by atoms with Crippen LogP contribution in [0.5, 0.6) is 5.75 Å². The highest BCUT2D eigenvalue weighted by Gasteiger charge is 2.09. The number of hydrogen-bond donors (Lipinski definition) is 2. The van der Waals surface area contributed by atoms with Crippen LogP contribution in [-0.4, -0.2) is 12.5 Å². The molecule has 0 aliphatic rings. The van der Waals surface area contributed by atoms with E-state index in [1.807, 2.05) is 74.5 Å². The molecule has 0 unspecified atom stereocenters. The number of benzene rings is 3. The van der Waals surface area contributed by atoms with Crippen LogP contribution in [0.25, 0.3) is 0 Å². The Morgan fingerprint density at radius 3 is 2.55 bits per heavy atom. The van der Waals surface area contributed by atoms with E-state index in [9.17, 15) is 4.79 Å². The summed E-state index contributed by atoms with van der Waals surface area (Å²) in [5.74, 6) is 0.415. The van der Waals surface area contributed by atoms with Crippen molar-refractivity contribution < 1.29 is 9.53 Å². The first kappa shape index (κ1) is 21.2. The minimum absolute atomic E-state index is 0.0663. The lowest BCUT2D eigenvalue weighted by Gasteiger charge is -2.13. The second kappa shape index (κ2) is 9.81. The summed E-state index contributed by atoms with van der Waals surface area (Å²) in [6.07, 6.45) is 0. The van der Waals surface area contributed by atoms with Gasteiger partial charge in [-0.15, -0.1) is 0 Å². The van der Waals surface area contributed by atoms with E-state index in [0.717, 1.165) is 32.5 Å². The van der Waals surface area contributed by atoms with Crippen LogP contribution in [0.4, 0.5) is 11.4 Å². The first-order chi connectivity index (χ1) is 13.9. The van der Waals surface area contributed by atoms with E-state index >= 15 is 0 Å². The number of ether oxygens (including phenoxy) is 1. The smallest absolute Gasteiger partial charge is 0.262 e. The fraction of sp³-hybridized carbons (Fsp3) is 0.174. The molecule has 0 aliphatic carbocycles. The van der Waals surface area contributed by atoms with Crippen LogP contribution in [0.1, 0.15) is 16.7 Å². The Labute approximate surface area is 184 Å². The maximum absolute atomic E-state index is 12.2. The van der Waals surface area contributed by atoms with E-state index in [1.165, 1.54) is 0 Å². The molecule has 6 heteroatoms. The van der Waals surface area contributed by atoms with E-state index in [4.69, 9.17) is 16.3 Å². The lowest BCUT2D eigenvalue weighted by molar-refractivity contribution is -0.118. The van der Waals surface area contributed by atoms with Crippen LogP contribution < -0.4 is 15.4 Å². The van der Waals surface area contributed by atoms with Crippen LogP contribution >= 0.6 is 27.5 Å². The van der Waals surface area contributed by atoms with Crippen LogP contribution in [0.2, 0.25) is 5.02 Å². The number of aryl methyl sites for hydroxylation is 1. The minimum atomic E-state index is -0.199. The summed E-state index contributed by atoms with van der Waals surface area (Å²) in [4.78, 5) is 12.2. The van der Waals surface area contributed by atoms with Crippen molar-refractivity contribution in [1.29, 1.82) is 0 Å². The van der Waals surface area contributed by atoms with Gasteiger partial charge >= 0.3 is 0 Å². The molecule has 0 heterocycles. The SMILES string of the molecule is Cc1cccc(NC(=O)COc2ccc(CNc3ccccc3Cl)cc2Br)c1C. The van der Waals surface area contributed by atoms with E-state index in [0.29, 0.717) is 17.3 Å². The zero-order chi connectivity index (χ0) is 20.8. The molecule has 1 amide bonds. The van der Waals surface area contributed by atoms with Gasteiger partial charge in [0.1, 0.15) is 5.75 Å². The molecule has 4 nitrogen and oxygen atoms in total. The molecule has 3 aromatic carbocycles. The van der Waals surface area contributed by atoms with Crippen molar-refractivity contribution in [3.63, 3.8) is 0 Å². The zero-order valence-electron chi connectivity index (χ0n) is 16.3. The van der Waals surface area contributed by atoms with E-state index < -0.39 is 0 Å². The average Bonchev–Trinajstić information content (AvgIpc) is 2.70. The van der Waals surface area contributed by atoms with E-state index in [2.05, 4.69) is 26.6 Å². The lowest BCUT2D eigenvalue weighted by atomic mass is 10.1. The highest BCUT2D eigenvalue weighted by atomic mass is 79.9. The molecule has 0 atom stereocenters. The number of hydrogen-bond acceptors (Lipinski definition) is 3. The van der Waals surface area contributed by atoms with E-state index in [1.54, 1.807) is 0 Å². The largest absolute Gasteiger partial charge is 0.483 e. The summed E-state index contributed by atoms with van der Waals surface area (Å²) in [7, 11) is 0. The van der Waals surface area contributed by atoms with Gasteiger partial charge in [-0.05, 0) is 76.8 Å². The Morgan fingerprint density at radius 1 is 1.03 bits per heavy atom. The predicted octanol–water partition coefficient (Wildman–Crippen LogP) is 6.35. The van der Waals surface area contributed by atoms with Crippen LogP contribution in [0.3, 0.4) is 0 Å². The molecular weight excluding hydrogens is 452 g/mol. The summed E-state index contributed by atoms with van der Waals surface area (Å²) in [5.41, 5.74) is 4.93. The lowest BCUT2D eigenvalue weighted by Crippen LogP contribution is -2.21. The molecule has 0 aromatic heterocycles. The quantitative estimate of drug-likeness (QED) is 0.420. The highest BCUT2D eigenvalue weighted by Crippen LogP contribution is 2.27. The molecule has 0 saturated carbocycles. The van der Waals surface area contributed by atoms with Gasteiger partial charge in [0.25, 0.3) is 5.91 Å². The van der Waals surface area contributed by atoms with Gasteiger partial charge < -0.3 is 15.4 Å². The molecule has 2 N–H and O–H groups in total. The number of halogens is 2. The summed E-state index contributed by atoms with van der Waals surface area (Å²) >= 11 is 9.68. The number of amides is 1. The van der Waals surface area contributed by atoms with Gasteiger partial charge in [-0.1, -0.05) is 41.9 Å². The van der Waals surface area contributed by atoms with Crippen LogP contribution in [0, 0.1) is 13.8 Å². The third-order valence-electron chi connectivity index (χ3n) is 4.59. The molecule has 3 rings (SSSR count). The van der Waals surface area contributed by atoms with Crippen molar-refractivity contribution in [2.75, 3.05) is 17.2 Å². The number of anilines is 2. The van der Waals surface area contributed by atoms with Gasteiger partial charge in [0.15, 0.2) is 6.61 Å². The third-order valence-corrected chi connectivity index (χ3v) is 5.54. The van der Waals surface area contributed by atoms with Crippen LogP contribution in [0.15, 0.2) is 65.1 Å². The van der Waals surface area contributed by atoms with Crippen molar-refractivity contribution in [1.82, 2.24) is 0 Å². The Kier molecular flexibility index (Phi) is 7.18. The predicted molar refractivity (Wildman–Crippen MR) is 123 cm³/mol. The standard InChI is InChI=1S/C23H22BrClN2O2/c1-15-6-5-9-20(16(15)2)27-23(28)14-29-22-11-10-17(12-18(22)24)13-26-21-8-4-3-7-19(21)25/h3-12,26H,13-14H2,1-2H3,(H,27,28). The number of carbonyl (C=O) groups excluding carboxylic acids is 1. The molecule has 0 spiro atoms. The number of para-hydroxylation sites is 1. The molecule has 0 saturated heterocycles. The average molecular weight is 474 g/mol. The van der Waals surface area contributed by atoms with Gasteiger partial charge in [-0.3, -0.25) is 4.79 Å². The minimum Gasteiger partial charge on any atom is -0.483 e. The Hall–Kier alpha value is -2.50. The van der Waals surface area contributed by atoms with Gasteiger partial charge in [-0.2, -0.15) is 0 Å². The van der Waals surface area contributed by atoms with Gasteiger partial charge in [0, 0.05) is 12.2 Å². The number of carbonyl (C=O) groups is 1. The third kappa shape index (κ3) is 5.75. The Bertz CT molecular complexity index is 1020. The second-order valence-electron chi connectivity index (χ2n) is 6.68. The van der Waals surface area contributed by atoms with Gasteiger partial charge in [0.05, 0.1) is 15.2 Å². The number of nitrogens with one attached hydrogen (secondary N) is 2. The molecule has 0 aliphatic heterocycles. The van der Waals surface area contributed by atoms with Crippen molar-refractivity contribution in [3.05, 3.63) is 86.8 Å². The summed E-state index contributed by atoms with van der Waals surface area (Å²) in [5, 5.41) is 6.88. The summed E-state index contributed by atoms with van der Waals surface area (Å²) < 4.78 is 6.46. The first-order valence-electron chi connectivity index (χ1n) is 9.19. The van der Waals surface area contributed by atoms with Crippen molar-refractivity contribution in [2.45, 2.75) is 20.4 Å². The highest BCUT2D eigenvalue weighted by molar-refractivity contribution is 9.10. The molecule has 0 bridgehead atoms. The monoisotopic (exact) mass is 472 g/mol. The molecule has 0 fully saturated rings. The Balaban J connectivity index is 1.55. The molecule has 150 valence electrons. The Morgan fingerprint density at radius 2 is 1.79 bits per heavy atom. The maximum atomic E-state index is 12.2. The van der Waals surface area contributed by atoms with Crippen molar-refractivity contribution in [3.8, 4) is 5.75 Å². The topological polar surface area (TPSA) is 50.4 Å². The summed E-state index contributed by atoms with van der Waals surface area (Å²) in [6, 6.07) is 19.2. The van der Waals surface area contributed by atoms with Crippen molar-refractivity contribution >= 4 is 44.8 Å². The normalized spacial score (nSPS) is 10.5. The van der Waals surface area contributed by atoms with Gasteiger partial charge in [0.2, 0.25) is 0 Å². The van der Waals surface area contributed by atoms with E-state index in [-0.39, 0.29) is 12.5 Å². The molecule has 29 heavy (non-hydrogen) atoms. The summed E-state index contributed by atoms with van der Waals surface area (Å²) in [6.45, 7) is 4.55. The molecule has 3 aromatic rings. The maximum Gasteiger partial charge on any atom is 0.262 e. The fourth-order valence-corrected chi connectivity index (χ4v) is 3.53. The van der Waals surface area contributed by atoms with Gasteiger partial charge in [-0.25, -0.2) is 0 Å². The first-order valence-corrected chi connectivity index (χ1v) is 10.4. The second-order valence-corrected chi connectivity index (χ2v) is 7.94. The molecular formula is C23H22BrClN2O2. The molecule has 0 radical (unpaired) electrons. The fourth-order valence-electron chi connectivity index (χ4n) is 2.79. The van der Waals surface area contributed by atoms with Crippen molar-refractivity contribution in [2.24, 2.45) is 0 Å². The van der Waals surface area contributed by atoms with Crippen LogP contribution in [-0.2, 0) is 11.3 Å². The zero-order valence-corrected chi connectivity index (χ0v) is 18.6.